The normalized spacial score (nSPS) is 9.53. The Bertz CT molecular complexity index is 405. The van der Waals surface area contributed by atoms with Crippen molar-refractivity contribution in [3.8, 4) is 5.75 Å². The Balaban J connectivity index is 3.10. The molecule has 81 valence electrons. The topological polar surface area (TPSA) is 75.6 Å². The maximum atomic E-state index is 11.1. The molecular formula is C9H11NO4Sb. The number of methoxy groups -OCH3 is 1. The van der Waals surface area contributed by atoms with Crippen LogP contribution in [-0.2, 0) is 7.81 Å². The van der Waals surface area contributed by atoms with Crippen molar-refractivity contribution in [2.75, 3.05) is 12.4 Å². The molecule has 0 aromatic heterocycles. The van der Waals surface area contributed by atoms with Crippen molar-refractivity contribution in [3.63, 3.8) is 0 Å². The summed E-state index contributed by atoms with van der Waals surface area (Å²) in [4.78, 5) is 10.8. The van der Waals surface area contributed by atoms with Gasteiger partial charge in [0.1, 0.15) is 0 Å². The van der Waals surface area contributed by atoms with Gasteiger partial charge in [0.15, 0.2) is 0 Å². The fourth-order valence-corrected chi connectivity index (χ4v) is 2.84. The number of hydrogen-bond acceptors (Lipinski definition) is 3. The van der Waals surface area contributed by atoms with E-state index < -0.39 is 20.6 Å². The molecule has 0 unspecified atom stereocenters. The van der Waals surface area contributed by atoms with E-state index in [1.165, 1.54) is 20.1 Å². The average molecular weight is 319 g/mol. The zero-order valence-electron chi connectivity index (χ0n) is 8.35. The summed E-state index contributed by atoms with van der Waals surface area (Å²) in [6, 6.07) is 4.65. The van der Waals surface area contributed by atoms with Crippen LogP contribution < -0.4 is 13.6 Å². The van der Waals surface area contributed by atoms with E-state index in [9.17, 15) is 7.81 Å². The second kappa shape index (κ2) is 5.23. The molecule has 0 spiro atoms. The molecule has 6 heteroatoms. The molecule has 0 heterocycles. The number of nitrogens with one attached hydrogen (secondary N) is 1. The van der Waals surface area contributed by atoms with Crippen LogP contribution in [0.25, 0.3) is 0 Å². The van der Waals surface area contributed by atoms with Gasteiger partial charge in [-0.15, -0.1) is 0 Å². The molecule has 0 aliphatic heterocycles. The van der Waals surface area contributed by atoms with Crippen molar-refractivity contribution >= 4 is 35.7 Å². The molecule has 0 bridgehead atoms. The zero-order chi connectivity index (χ0) is 11.4. The van der Waals surface area contributed by atoms with Gasteiger partial charge in [0.25, 0.3) is 0 Å². The van der Waals surface area contributed by atoms with E-state index in [2.05, 4.69) is 5.32 Å². The number of carbonyl (C=O) groups excluding carboxylic acids is 1. The Morgan fingerprint density at radius 2 is 2.20 bits per heavy atom. The van der Waals surface area contributed by atoms with E-state index in [1.54, 1.807) is 12.1 Å². The molecule has 0 saturated heterocycles. The van der Waals surface area contributed by atoms with Crippen LogP contribution in [0.2, 0.25) is 0 Å². The molecule has 0 aliphatic carbocycles. The summed E-state index contributed by atoms with van der Waals surface area (Å²) >= 11 is -3.60. The molecule has 0 saturated carbocycles. The van der Waals surface area contributed by atoms with Crippen LogP contribution in [0.1, 0.15) is 6.92 Å². The molecule has 5 nitrogen and oxygen atoms in total. The van der Waals surface area contributed by atoms with Gasteiger partial charge in [-0.25, -0.2) is 0 Å². The zero-order valence-corrected chi connectivity index (χ0v) is 10.9. The molecule has 1 rings (SSSR count). The second-order valence-corrected chi connectivity index (χ2v) is 5.77. The minimum absolute atomic E-state index is 0.224. The van der Waals surface area contributed by atoms with Gasteiger partial charge in [0.2, 0.25) is 0 Å². The molecule has 0 aliphatic rings. The molecule has 1 radical (unpaired) electrons. The van der Waals surface area contributed by atoms with Crippen LogP contribution in [-0.4, -0.2) is 37.0 Å². The first-order valence-corrected chi connectivity index (χ1v) is 7.62. The van der Waals surface area contributed by atoms with Gasteiger partial charge in [-0.05, 0) is 0 Å². The van der Waals surface area contributed by atoms with Crippen molar-refractivity contribution in [1.82, 2.24) is 0 Å². The van der Waals surface area contributed by atoms with E-state index in [0.717, 1.165) is 0 Å². The third kappa shape index (κ3) is 3.29. The summed E-state index contributed by atoms with van der Waals surface area (Å²) < 4.78 is 25.4. The number of carbonyl (C=O) groups is 1. The Kier molecular flexibility index (Phi) is 4.24. The molecule has 0 atom stereocenters. The fraction of sp³-hybridized carbons (Fsp3) is 0.222. The summed E-state index contributed by atoms with van der Waals surface area (Å²) in [5.74, 6) is 0.156. The first kappa shape index (κ1) is 12.1. The van der Waals surface area contributed by atoms with Crippen molar-refractivity contribution in [2.45, 2.75) is 6.92 Å². The van der Waals surface area contributed by atoms with Crippen LogP contribution in [0.3, 0.4) is 0 Å². The number of amides is 1. The first-order valence-electron chi connectivity index (χ1n) is 4.16. The monoisotopic (exact) mass is 318 g/mol. The molecular weight excluding hydrogens is 308 g/mol. The van der Waals surface area contributed by atoms with Crippen molar-refractivity contribution < 1.29 is 15.9 Å². The van der Waals surface area contributed by atoms with Crippen LogP contribution in [0.4, 0.5) is 5.69 Å². The van der Waals surface area contributed by atoms with Crippen LogP contribution in [0.15, 0.2) is 18.2 Å². The maximum absolute atomic E-state index is 11.1. The van der Waals surface area contributed by atoms with Gasteiger partial charge in [0, 0.05) is 0 Å². The Labute approximate surface area is 95.0 Å². The van der Waals surface area contributed by atoms with Gasteiger partial charge in [-0.2, -0.15) is 0 Å². The molecule has 1 aromatic rings. The standard InChI is InChI=1S/C9H10NO2.H2O.O.Sb/c1-7(11)10-8-3-5-9(12-2)6-4-8;;;/h3-5H,1-2H3,(H,10,11);1H2;;/q;;;+1/p-1. The molecule has 0 fully saturated rings. The van der Waals surface area contributed by atoms with E-state index >= 15 is 0 Å². The Morgan fingerprint density at radius 1 is 1.53 bits per heavy atom. The number of benzene rings is 1. The second-order valence-electron chi connectivity index (χ2n) is 2.84. The first-order chi connectivity index (χ1) is 7.04. The van der Waals surface area contributed by atoms with E-state index in [-0.39, 0.29) is 9.42 Å². The van der Waals surface area contributed by atoms with Gasteiger partial charge in [-0.1, -0.05) is 0 Å². The third-order valence-corrected chi connectivity index (χ3v) is 3.88. The van der Waals surface area contributed by atoms with Crippen LogP contribution in [0.5, 0.6) is 5.75 Å². The van der Waals surface area contributed by atoms with E-state index in [4.69, 9.17) is 8.12 Å². The van der Waals surface area contributed by atoms with Gasteiger partial charge in [0.05, 0.1) is 0 Å². The van der Waals surface area contributed by atoms with Crippen LogP contribution in [0, 0.1) is 0 Å². The van der Waals surface area contributed by atoms with E-state index in [0.29, 0.717) is 11.4 Å². The van der Waals surface area contributed by atoms with Gasteiger partial charge in [-0.3, -0.25) is 0 Å². The summed E-state index contributed by atoms with van der Waals surface area (Å²) in [6.07, 6.45) is 0. The number of hydrogen-bond donors (Lipinski definition) is 2. The van der Waals surface area contributed by atoms with Crippen molar-refractivity contribution in [3.05, 3.63) is 18.2 Å². The molecule has 15 heavy (non-hydrogen) atoms. The molecule has 2 N–H and O–H groups in total. The summed E-state index contributed by atoms with van der Waals surface area (Å²) in [5.41, 5.74) is 0.498. The number of anilines is 1. The van der Waals surface area contributed by atoms with Crippen molar-refractivity contribution in [2.24, 2.45) is 0 Å². The fourth-order valence-electron chi connectivity index (χ4n) is 1.12. The quantitative estimate of drug-likeness (QED) is 0.755. The SMILES string of the molecule is COc1ccc(NC(C)=O)c[c]1[Sb](=[O])[OH]. The predicted molar refractivity (Wildman–Crippen MR) is 55.6 cm³/mol. The minimum atomic E-state index is -3.60. The third-order valence-electron chi connectivity index (χ3n) is 1.71. The number of rotatable bonds is 3. The summed E-state index contributed by atoms with van der Waals surface area (Å²) in [5, 5.41) is 2.54. The van der Waals surface area contributed by atoms with Crippen molar-refractivity contribution in [1.29, 1.82) is 0 Å². The Hall–Kier alpha value is -0.932. The number of ether oxygens (including phenoxy) is 1. The summed E-state index contributed by atoms with van der Waals surface area (Å²) in [6.45, 7) is 1.37. The van der Waals surface area contributed by atoms with Gasteiger partial charge < -0.3 is 0 Å². The van der Waals surface area contributed by atoms with Crippen LogP contribution >= 0.6 is 0 Å². The molecule has 1 amide bonds. The Morgan fingerprint density at radius 3 is 2.67 bits per heavy atom. The summed E-state index contributed by atoms with van der Waals surface area (Å²) in [7, 11) is 1.43. The molecule has 1 aromatic carbocycles. The average Bonchev–Trinajstić information content (AvgIpc) is 2.16. The predicted octanol–water partition coefficient (Wildman–Crippen LogP) is -0.228. The van der Waals surface area contributed by atoms with Gasteiger partial charge >= 0.3 is 95.0 Å². The van der Waals surface area contributed by atoms with E-state index in [1.807, 2.05) is 0 Å².